The fraction of sp³-hybridized carbons (Fsp3) is 0.400. The first-order chi connectivity index (χ1) is 21.8. The Bertz CT molecular complexity index is 1460. The highest BCUT2D eigenvalue weighted by molar-refractivity contribution is 5.85. The summed E-state index contributed by atoms with van der Waals surface area (Å²) >= 11 is 0. The lowest BCUT2D eigenvalue weighted by atomic mass is 10.2. The Morgan fingerprint density at radius 3 is 1.69 bits per heavy atom. The minimum atomic E-state index is -1.12. The molecule has 2 N–H and O–H groups in total. The zero-order valence-electron chi connectivity index (χ0n) is 24.6. The Kier molecular flexibility index (Phi) is 12.5. The number of nitro benzene ring substituents is 1. The number of hydrogen-bond acceptors (Lipinski definition) is 12. The lowest BCUT2D eigenvalue weighted by Crippen LogP contribution is -2.33. The zero-order chi connectivity index (χ0) is 32.0. The van der Waals surface area contributed by atoms with E-state index in [4.69, 9.17) is 18.9 Å². The van der Waals surface area contributed by atoms with Crippen molar-refractivity contribution in [3.63, 3.8) is 0 Å². The Hall–Kier alpha value is -4.70. The second kappa shape index (κ2) is 17.0. The van der Waals surface area contributed by atoms with Gasteiger partial charge in [0.05, 0.1) is 48.8 Å². The molecule has 240 valence electrons. The predicted molar refractivity (Wildman–Crippen MR) is 159 cm³/mol. The van der Waals surface area contributed by atoms with Gasteiger partial charge < -0.3 is 29.2 Å². The number of carboxylic acid groups (broad SMARTS) is 2. The molecule has 0 spiro atoms. The van der Waals surface area contributed by atoms with Crippen molar-refractivity contribution in [2.45, 2.75) is 13.1 Å². The monoisotopic (exact) mass is 625 g/mol. The van der Waals surface area contributed by atoms with Crippen LogP contribution in [0.1, 0.15) is 32.4 Å². The van der Waals surface area contributed by atoms with Gasteiger partial charge in [0.2, 0.25) is 0 Å². The van der Waals surface area contributed by atoms with Crippen LogP contribution in [0.25, 0.3) is 0 Å². The van der Waals surface area contributed by atoms with Crippen molar-refractivity contribution < 1.29 is 43.7 Å². The third-order valence-corrected chi connectivity index (χ3v) is 6.77. The van der Waals surface area contributed by atoms with Gasteiger partial charge in [-0.1, -0.05) is 12.1 Å². The van der Waals surface area contributed by atoms with Crippen molar-refractivity contribution in [1.29, 1.82) is 0 Å². The van der Waals surface area contributed by atoms with Crippen LogP contribution in [0.15, 0.2) is 54.6 Å². The van der Waals surface area contributed by atoms with Gasteiger partial charge in [0.25, 0.3) is 5.69 Å². The molecule has 0 saturated heterocycles. The van der Waals surface area contributed by atoms with Crippen molar-refractivity contribution in [3.8, 4) is 11.5 Å². The topological polar surface area (TPSA) is 187 Å². The molecular formula is C30H35N5O10. The quantitative estimate of drug-likeness (QED) is 0.288. The molecular weight excluding hydrogens is 590 g/mol. The van der Waals surface area contributed by atoms with Crippen molar-refractivity contribution in [2.75, 3.05) is 65.8 Å². The van der Waals surface area contributed by atoms with E-state index < -0.39 is 16.9 Å². The summed E-state index contributed by atoms with van der Waals surface area (Å²) in [7, 11) is 0. The second-order valence-corrected chi connectivity index (χ2v) is 10.0. The van der Waals surface area contributed by atoms with Crippen LogP contribution in [0.5, 0.6) is 11.5 Å². The molecule has 0 fully saturated rings. The minimum Gasteiger partial charge on any atom is -0.488 e. The number of fused-ring (bicyclic) bond motifs is 1. The number of aromatic carboxylic acids is 2. The number of benzene rings is 1. The summed E-state index contributed by atoms with van der Waals surface area (Å²) in [6.07, 6.45) is 0. The summed E-state index contributed by atoms with van der Waals surface area (Å²) < 4.78 is 23.5. The van der Waals surface area contributed by atoms with Gasteiger partial charge in [0.1, 0.15) is 24.6 Å². The molecule has 3 heterocycles. The fourth-order valence-corrected chi connectivity index (χ4v) is 4.49. The van der Waals surface area contributed by atoms with Gasteiger partial charge in [0, 0.05) is 45.3 Å². The van der Waals surface area contributed by atoms with Gasteiger partial charge in [0.15, 0.2) is 11.5 Å². The average Bonchev–Trinajstić information content (AvgIpc) is 3.02. The van der Waals surface area contributed by atoms with Gasteiger partial charge in [-0.05, 0) is 30.3 Å². The summed E-state index contributed by atoms with van der Waals surface area (Å²) in [5.41, 5.74) is 0.890. The van der Waals surface area contributed by atoms with Gasteiger partial charge in [-0.15, -0.1) is 0 Å². The largest absolute Gasteiger partial charge is 0.488 e. The summed E-state index contributed by atoms with van der Waals surface area (Å²) in [5, 5.41) is 30.1. The third-order valence-electron chi connectivity index (χ3n) is 6.77. The van der Waals surface area contributed by atoms with Crippen molar-refractivity contribution in [3.05, 3.63) is 87.5 Å². The molecule has 0 amide bonds. The minimum absolute atomic E-state index is 0.0465. The first-order valence-electron chi connectivity index (χ1n) is 14.3. The number of non-ortho nitro benzene ring substituents is 1. The van der Waals surface area contributed by atoms with E-state index in [1.165, 1.54) is 30.3 Å². The SMILES string of the molecule is O=C(O)c1cccc(CN2CCOCCOCCN(Cc3cccc(C(=O)O)n3)CCOc3cc([N+](=O)[O-])ccc3OCC2)n1. The number of ether oxygens (including phenoxy) is 4. The number of pyridine rings is 2. The van der Waals surface area contributed by atoms with E-state index >= 15 is 0 Å². The van der Waals surface area contributed by atoms with E-state index in [1.807, 2.05) is 9.80 Å². The van der Waals surface area contributed by atoms with Gasteiger partial charge in [-0.2, -0.15) is 0 Å². The second-order valence-electron chi connectivity index (χ2n) is 10.0. The molecule has 0 bridgehead atoms. The lowest BCUT2D eigenvalue weighted by Gasteiger charge is -2.24. The fourth-order valence-electron chi connectivity index (χ4n) is 4.49. The number of rotatable bonds is 7. The van der Waals surface area contributed by atoms with Crippen LogP contribution in [0.4, 0.5) is 5.69 Å². The van der Waals surface area contributed by atoms with Crippen molar-refractivity contribution in [1.82, 2.24) is 19.8 Å². The van der Waals surface area contributed by atoms with Crippen LogP contribution in [-0.2, 0) is 22.6 Å². The standard InChI is InChI=1S/C30H35N5O10/c36-29(37)25-5-1-3-22(31-25)20-33-9-13-42-17-18-43-14-10-34(21-23-4-2-6-26(32-23)30(38)39)12-16-45-28-19-24(35(40)41)7-8-27(28)44-15-11-33/h1-8,19H,9-18,20-21H2,(H,36,37)(H,38,39). The average molecular weight is 626 g/mol. The Balaban J connectivity index is 1.48. The third kappa shape index (κ3) is 10.8. The zero-order valence-corrected chi connectivity index (χ0v) is 24.6. The summed E-state index contributed by atoms with van der Waals surface area (Å²) in [6, 6.07) is 13.8. The Morgan fingerprint density at radius 1 is 0.711 bits per heavy atom. The smallest absolute Gasteiger partial charge is 0.354 e. The molecule has 0 aliphatic carbocycles. The Labute approximate surface area is 259 Å². The molecule has 0 saturated carbocycles. The molecule has 0 atom stereocenters. The van der Waals surface area contributed by atoms with E-state index in [1.54, 1.807) is 24.3 Å². The lowest BCUT2D eigenvalue weighted by molar-refractivity contribution is -0.385. The predicted octanol–water partition coefficient (Wildman–Crippen LogP) is 2.59. The van der Waals surface area contributed by atoms with Crippen LogP contribution in [0.2, 0.25) is 0 Å². The maximum Gasteiger partial charge on any atom is 0.354 e. The van der Waals surface area contributed by atoms with Crippen LogP contribution in [0.3, 0.4) is 0 Å². The molecule has 1 aromatic carbocycles. The molecule has 15 nitrogen and oxygen atoms in total. The number of hydrogen-bond donors (Lipinski definition) is 2. The van der Waals surface area contributed by atoms with Crippen molar-refractivity contribution >= 4 is 17.6 Å². The van der Waals surface area contributed by atoms with Crippen LogP contribution in [0, 0.1) is 10.1 Å². The number of carbonyl (C=O) groups is 2. The van der Waals surface area contributed by atoms with Crippen LogP contribution in [-0.4, -0.2) is 113 Å². The molecule has 1 aliphatic rings. The highest BCUT2D eigenvalue weighted by atomic mass is 16.6. The molecule has 1 aliphatic heterocycles. The first-order valence-corrected chi connectivity index (χ1v) is 14.3. The van der Waals surface area contributed by atoms with E-state index in [2.05, 4.69) is 9.97 Å². The van der Waals surface area contributed by atoms with E-state index in [0.717, 1.165) is 0 Å². The van der Waals surface area contributed by atoms with Crippen molar-refractivity contribution in [2.24, 2.45) is 0 Å². The summed E-state index contributed by atoms with van der Waals surface area (Å²) in [5.74, 6) is -1.69. The van der Waals surface area contributed by atoms with Gasteiger partial charge in [-0.25, -0.2) is 19.6 Å². The molecule has 0 radical (unpaired) electrons. The van der Waals surface area contributed by atoms with E-state index in [9.17, 15) is 29.9 Å². The first kappa shape index (κ1) is 33.2. The number of nitrogens with zero attached hydrogens (tertiary/aromatic N) is 5. The Morgan fingerprint density at radius 2 is 1.20 bits per heavy atom. The number of carboxylic acids is 2. The highest BCUT2D eigenvalue weighted by Gasteiger charge is 2.17. The molecule has 2 aromatic heterocycles. The number of nitro groups is 1. The summed E-state index contributed by atoms with van der Waals surface area (Å²) in [4.78, 5) is 46.1. The highest BCUT2D eigenvalue weighted by Crippen LogP contribution is 2.31. The normalized spacial score (nSPS) is 16.3. The van der Waals surface area contributed by atoms with Crippen LogP contribution < -0.4 is 9.47 Å². The molecule has 45 heavy (non-hydrogen) atoms. The maximum atomic E-state index is 11.5. The van der Waals surface area contributed by atoms with Gasteiger partial charge >= 0.3 is 11.9 Å². The van der Waals surface area contributed by atoms with Crippen LogP contribution >= 0.6 is 0 Å². The summed E-state index contributed by atoms with van der Waals surface area (Å²) in [6.45, 7) is 4.31. The molecule has 0 unspecified atom stereocenters. The molecule has 4 rings (SSSR count). The van der Waals surface area contributed by atoms with Gasteiger partial charge in [-0.3, -0.25) is 19.9 Å². The number of aromatic nitrogens is 2. The molecule has 3 aromatic rings. The maximum absolute atomic E-state index is 11.5. The molecule has 15 heteroatoms. The van der Waals surface area contributed by atoms with E-state index in [0.29, 0.717) is 82.8 Å². The van der Waals surface area contributed by atoms with E-state index in [-0.39, 0.29) is 36.0 Å².